The molecule has 1 aliphatic rings. The summed E-state index contributed by atoms with van der Waals surface area (Å²) in [4.78, 5) is 2.26. The van der Waals surface area contributed by atoms with Crippen molar-refractivity contribution in [1.82, 2.24) is 4.31 Å². The maximum Gasteiger partial charge on any atom is 0.261 e. The molecule has 9 heteroatoms. The summed E-state index contributed by atoms with van der Waals surface area (Å²) >= 11 is 0. The van der Waals surface area contributed by atoms with E-state index < -0.39 is 20.0 Å². The van der Waals surface area contributed by atoms with Crippen LogP contribution < -0.4 is 9.62 Å². The fourth-order valence-corrected chi connectivity index (χ4v) is 6.31. The van der Waals surface area contributed by atoms with Crippen molar-refractivity contribution in [1.29, 1.82) is 0 Å². The second-order valence-electron chi connectivity index (χ2n) is 9.05. The van der Waals surface area contributed by atoms with Crippen LogP contribution in [0.25, 0.3) is 0 Å². The number of anilines is 2. The second-order valence-corrected chi connectivity index (χ2v) is 12.9. The molecule has 1 fully saturated rings. The highest BCUT2D eigenvalue weighted by atomic mass is 32.2. The Balaban J connectivity index is 1.50. The molecule has 1 saturated heterocycles. The number of para-hydroxylation sites is 2. The molecule has 0 bridgehead atoms. The first-order chi connectivity index (χ1) is 16.6. The Bertz CT molecular complexity index is 1380. The molecule has 0 saturated carbocycles. The van der Waals surface area contributed by atoms with Gasteiger partial charge in [-0.3, -0.25) is 4.72 Å². The minimum atomic E-state index is -3.90. The Hall–Kier alpha value is -2.88. The number of aryl methyl sites for hydroxylation is 1. The molecular weight excluding hydrogens is 482 g/mol. The Morgan fingerprint density at radius 2 is 1.37 bits per heavy atom. The van der Waals surface area contributed by atoms with E-state index in [2.05, 4.69) is 40.8 Å². The first-order valence-corrected chi connectivity index (χ1v) is 14.5. The lowest BCUT2D eigenvalue weighted by molar-refractivity contribution is 0.506. The minimum Gasteiger partial charge on any atom is -0.370 e. The highest BCUT2D eigenvalue weighted by Gasteiger charge is 2.24. The third-order valence-electron chi connectivity index (χ3n) is 6.45. The topological polar surface area (TPSA) is 86.8 Å². The van der Waals surface area contributed by atoms with Gasteiger partial charge in [-0.2, -0.15) is 0 Å². The molecule has 0 unspecified atom stereocenters. The molecule has 1 heterocycles. The van der Waals surface area contributed by atoms with E-state index in [1.54, 1.807) is 12.1 Å². The van der Waals surface area contributed by atoms with Crippen molar-refractivity contribution in [2.75, 3.05) is 36.8 Å². The molecule has 0 aromatic heterocycles. The lowest BCUT2D eigenvalue weighted by Crippen LogP contribution is -2.33. The van der Waals surface area contributed by atoms with Crippen LogP contribution in [0.4, 0.5) is 11.4 Å². The van der Waals surface area contributed by atoms with Crippen molar-refractivity contribution < 1.29 is 16.8 Å². The molecule has 7 nitrogen and oxygen atoms in total. The predicted octanol–water partition coefficient (Wildman–Crippen LogP) is 4.43. The lowest BCUT2D eigenvalue weighted by atomic mass is 9.89. The number of rotatable bonds is 7. The summed E-state index contributed by atoms with van der Waals surface area (Å²) in [6.45, 7) is 3.74. The average molecular weight is 514 g/mol. The summed E-state index contributed by atoms with van der Waals surface area (Å²) < 4.78 is 54.6. The maximum atomic E-state index is 13.1. The second kappa shape index (κ2) is 10.0. The standard InChI is InChI=1S/C26H31N3O4S2/c1-20-8-10-21(11-9-20)22-16-18-29(19-17-22)26-7-5-4-6-25(26)27-34(30,31)23-12-14-24(15-13-23)35(32,33)28(2)3/h4-15,22,27H,16-19H2,1-3H3. The van der Waals surface area contributed by atoms with Gasteiger partial charge in [0.2, 0.25) is 10.0 Å². The van der Waals surface area contributed by atoms with Gasteiger partial charge < -0.3 is 4.90 Å². The Kier molecular flexibility index (Phi) is 7.21. The molecule has 4 rings (SSSR count). The normalized spacial score (nSPS) is 15.4. The summed E-state index contributed by atoms with van der Waals surface area (Å²) in [5.41, 5.74) is 3.95. The molecule has 0 radical (unpaired) electrons. The van der Waals surface area contributed by atoms with E-state index in [0.717, 1.165) is 35.9 Å². The van der Waals surface area contributed by atoms with Crippen LogP contribution in [0.15, 0.2) is 82.6 Å². The van der Waals surface area contributed by atoms with Gasteiger partial charge in [0.05, 0.1) is 21.2 Å². The number of sulfonamides is 2. The Morgan fingerprint density at radius 3 is 1.97 bits per heavy atom. The smallest absolute Gasteiger partial charge is 0.261 e. The van der Waals surface area contributed by atoms with E-state index in [4.69, 9.17) is 0 Å². The summed E-state index contributed by atoms with van der Waals surface area (Å²) in [7, 11) is -4.67. The van der Waals surface area contributed by atoms with Gasteiger partial charge in [0.25, 0.3) is 10.0 Å². The fourth-order valence-electron chi connectivity index (χ4n) is 4.33. The zero-order chi connectivity index (χ0) is 25.2. The number of nitrogens with zero attached hydrogens (tertiary/aromatic N) is 2. The van der Waals surface area contributed by atoms with E-state index in [0.29, 0.717) is 11.6 Å². The van der Waals surface area contributed by atoms with Gasteiger partial charge in [0, 0.05) is 27.2 Å². The average Bonchev–Trinajstić information content (AvgIpc) is 2.85. The molecule has 35 heavy (non-hydrogen) atoms. The number of piperidine rings is 1. The van der Waals surface area contributed by atoms with Crippen LogP contribution in [0.2, 0.25) is 0 Å². The molecule has 3 aromatic carbocycles. The molecule has 186 valence electrons. The van der Waals surface area contributed by atoms with Crippen molar-refractivity contribution >= 4 is 31.4 Å². The van der Waals surface area contributed by atoms with Crippen molar-refractivity contribution in [3.05, 3.63) is 83.9 Å². The van der Waals surface area contributed by atoms with Crippen molar-refractivity contribution in [2.24, 2.45) is 0 Å². The van der Waals surface area contributed by atoms with Crippen LogP contribution >= 0.6 is 0 Å². The van der Waals surface area contributed by atoms with Gasteiger partial charge in [-0.1, -0.05) is 42.0 Å². The van der Waals surface area contributed by atoms with E-state index in [1.165, 1.54) is 49.5 Å². The fraction of sp³-hybridized carbons (Fsp3) is 0.308. The number of benzene rings is 3. The Labute approximate surface area is 208 Å². The molecule has 1 aliphatic heterocycles. The van der Waals surface area contributed by atoms with Crippen molar-refractivity contribution in [3.8, 4) is 0 Å². The SMILES string of the molecule is Cc1ccc(C2CCN(c3ccccc3NS(=O)(=O)c3ccc(S(=O)(=O)N(C)C)cc3)CC2)cc1. The monoisotopic (exact) mass is 513 g/mol. The third kappa shape index (κ3) is 5.52. The molecule has 0 amide bonds. The minimum absolute atomic E-state index is 0.00286. The van der Waals surface area contributed by atoms with Crippen LogP contribution in [-0.4, -0.2) is 48.3 Å². The van der Waals surface area contributed by atoms with Gasteiger partial charge >= 0.3 is 0 Å². The van der Waals surface area contributed by atoms with Crippen molar-refractivity contribution in [2.45, 2.75) is 35.5 Å². The predicted molar refractivity (Wildman–Crippen MR) is 140 cm³/mol. The third-order valence-corrected chi connectivity index (χ3v) is 9.66. The molecular formula is C26H31N3O4S2. The highest BCUT2D eigenvalue weighted by Crippen LogP contribution is 2.34. The van der Waals surface area contributed by atoms with Gasteiger partial charge in [0.15, 0.2) is 0 Å². The number of nitrogens with one attached hydrogen (secondary N) is 1. The summed E-state index contributed by atoms with van der Waals surface area (Å²) in [6.07, 6.45) is 1.98. The summed E-state index contributed by atoms with van der Waals surface area (Å²) in [5.74, 6) is 0.493. The van der Waals surface area contributed by atoms with Crippen LogP contribution in [-0.2, 0) is 20.0 Å². The van der Waals surface area contributed by atoms with Crippen molar-refractivity contribution in [3.63, 3.8) is 0 Å². The maximum absolute atomic E-state index is 13.1. The first kappa shape index (κ1) is 25.2. The molecule has 0 spiro atoms. The van der Waals surface area contributed by atoms with Crippen LogP contribution in [0.5, 0.6) is 0 Å². The van der Waals surface area contributed by atoms with E-state index >= 15 is 0 Å². The van der Waals surface area contributed by atoms with E-state index in [1.807, 2.05) is 12.1 Å². The molecule has 0 aliphatic carbocycles. The van der Waals surface area contributed by atoms with Gasteiger partial charge in [-0.25, -0.2) is 21.1 Å². The summed E-state index contributed by atoms with van der Waals surface area (Å²) in [5, 5.41) is 0. The molecule has 0 atom stereocenters. The van der Waals surface area contributed by atoms with Gasteiger partial charge in [-0.05, 0) is 67.6 Å². The molecule has 1 N–H and O–H groups in total. The number of hydrogen-bond donors (Lipinski definition) is 1. The lowest BCUT2D eigenvalue weighted by Gasteiger charge is -2.35. The van der Waals surface area contributed by atoms with Crippen LogP contribution in [0, 0.1) is 6.92 Å². The Morgan fingerprint density at radius 1 is 0.800 bits per heavy atom. The zero-order valence-corrected chi connectivity index (χ0v) is 21.8. The van der Waals surface area contributed by atoms with E-state index in [9.17, 15) is 16.8 Å². The zero-order valence-electron chi connectivity index (χ0n) is 20.2. The highest BCUT2D eigenvalue weighted by molar-refractivity contribution is 7.92. The molecule has 3 aromatic rings. The largest absolute Gasteiger partial charge is 0.370 e. The number of hydrogen-bond acceptors (Lipinski definition) is 5. The van der Waals surface area contributed by atoms with Crippen LogP contribution in [0.3, 0.4) is 0 Å². The summed E-state index contributed by atoms with van der Waals surface area (Å²) in [6, 6.07) is 21.3. The van der Waals surface area contributed by atoms with Crippen LogP contribution in [0.1, 0.15) is 29.9 Å². The quantitative estimate of drug-likeness (QED) is 0.505. The van der Waals surface area contributed by atoms with E-state index in [-0.39, 0.29) is 9.79 Å². The first-order valence-electron chi connectivity index (χ1n) is 11.5. The van der Waals surface area contributed by atoms with Gasteiger partial charge in [0.1, 0.15) is 0 Å². The van der Waals surface area contributed by atoms with Gasteiger partial charge in [-0.15, -0.1) is 0 Å².